The highest BCUT2D eigenvalue weighted by Gasteiger charge is 2.29. The first kappa shape index (κ1) is 15.8. The monoisotopic (exact) mass is 333 g/mol. The lowest BCUT2D eigenvalue weighted by Gasteiger charge is -2.08. The van der Waals surface area contributed by atoms with Gasteiger partial charge in [0.1, 0.15) is 5.00 Å². The van der Waals surface area contributed by atoms with Crippen molar-refractivity contribution in [2.24, 2.45) is 0 Å². The highest BCUT2D eigenvalue weighted by atomic mass is 32.2. The standard InChI is InChI=1S/C12H15NO6S2/c1-2-19-12(16)10-7-4-3-5-8(7)20-11(10)13-21(17,18)6-9(14)15/h13H,2-6H2,1H3,(H,14,15). The number of hydrogen-bond acceptors (Lipinski definition) is 6. The van der Waals surface area contributed by atoms with Crippen molar-refractivity contribution in [1.82, 2.24) is 0 Å². The van der Waals surface area contributed by atoms with Gasteiger partial charge < -0.3 is 9.84 Å². The average Bonchev–Trinajstić information content (AvgIpc) is 2.86. The summed E-state index contributed by atoms with van der Waals surface area (Å²) in [6.07, 6.45) is 2.39. The molecule has 0 aromatic carbocycles. The van der Waals surface area contributed by atoms with Gasteiger partial charge in [-0.05, 0) is 31.7 Å². The molecule has 0 bridgehead atoms. The minimum absolute atomic E-state index is 0.152. The fourth-order valence-electron chi connectivity index (χ4n) is 2.24. The Labute approximate surface area is 126 Å². The lowest BCUT2D eigenvalue weighted by Crippen LogP contribution is -2.23. The molecule has 1 aliphatic carbocycles. The van der Waals surface area contributed by atoms with Crippen molar-refractivity contribution in [3.05, 3.63) is 16.0 Å². The number of anilines is 1. The number of aryl methyl sites for hydroxylation is 1. The summed E-state index contributed by atoms with van der Waals surface area (Å²) in [5, 5.41) is 8.75. The Morgan fingerprint density at radius 3 is 2.71 bits per heavy atom. The Morgan fingerprint density at radius 2 is 2.10 bits per heavy atom. The van der Waals surface area contributed by atoms with Gasteiger partial charge in [0.15, 0.2) is 5.75 Å². The molecule has 2 N–H and O–H groups in total. The number of fused-ring (bicyclic) bond motifs is 1. The van der Waals surface area contributed by atoms with Crippen molar-refractivity contribution in [2.45, 2.75) is 26.2 Å². The summed E-state index contributed by atoms with van der Waals surface area (Å²) >= 11 is 1.17. The zero-order valence-electron chi connectivity index (χ0n) is 11.3. The van der Waals surface area contributed by atoms with Gasteiger partial charge in [0.05, 0.1) is 12.2 Å². The molecule has 0 aliphatic heterocycles. The number of nitrogens with one attached hydrogen (secondary N) is 1. The molecule has 0 radical (unpaired) electrons. The first-order valence-corrected chi connectivity index (χ1v) is 8.85. The molecular weight excluding hydrogens is 318 g/mol. The third kappa shape index (κ3) is 3.53. The van der Waals surface area contributed by atoms with Crippen molar-refractivity contribution >= 4 is 38.3 Å². The van der Waals surface area contributed by atoms with Gasteiger partial charge in [-0.3, -0.25) is 9.52 Å². The molecule has 1 aromatic rings. The zero-order valence-corrected chi connectivity index (χ0v) is 13.0. The van der Waals surface area contributed by atoms with Crippen molar-refractivity contribution < 1.29 is 27.9 Å². The maximum Gasteiger partial charge on any atom is 0.341 e. The number of carbonyl (C=O) groups excluding carboxylic acids is 1. The Balaban J connectivity index is 2.36. The van der Waals surface area contributed by atoms with Crippen LogP contribution in [0.1, 0.15) is 34.1 Å². The molecule has 1 heterocycles. The maximum absolute atomic E-state index is 12.0. The number of carbonyl (C=O) groups is 2. The van der Waals surface area contributed by atoms with Crippen molar-refractivity contribution in [1.29, 1.82) is 0 Å². The highest BCUT2D eigenvalue weighted by Crippen LogP contribution is 2.39. The Morgan fingerprint density at radius 1 is 1.38 bits per heavy atom. The second-order valence-corrected chi connectivity index (χ2v) is 7.36. The van der Waals surface area contributed by atoms with Gasteiger partial charge in [-0.1, -0.05) is 0 Å². The lowest BCUT2D eigenvalue weighted by molar-refractivity contribution is -0.134. The number of hydrogen-bond donors (Lipinski definition) is 2. The van der Waals surface area contributed by atoms with Gasteiger partial charge in [-0.15, -0.1) is 11.3 Å². The van der Waals surface area contributed by atoms with Crippen LogP contribution in [0.25, 0.3) is 0 Å². The number of esters is 1. The molecule has 1 aliphatic rings. The van der Waals surface area contributed by atoms with E-state index in [2.05, 4.69) is 4.72 Å². The van der Waals surface area contributed by atoms with Crippen LogP contribution >= 0.6 is 11.3 Å². The van der Waals surface area contributed by atoms with Crippen LogP contribution in [-0.2, 0) is 32.4 Å². The molecule has 21 heavy (non-hydrogen) atoms. The van der Waals surface area contributed by atoms with Crippen LogP contribution in [0.2, 0.25) is 0 Å². The molecular formula is C12H15NO6S2. The molecule has 0 fully saturated rings. The molecule has 0 amide bonds. The predicted octanol–water partition coefficient (Wildman–Crippen LogP) is 1.24. The van der Waals surface area contributed by atoms with E-state index < -0.39 is 27.7 Å². The first-order valence-electron chi connectivity index (χ1n) is 6.38. The smallest absolute Gasteiger partial charge is 0.341 e. The SMILES string of the molecule is CCOC(=O)c1c(NS(=O)(=O)CC(=O)O)sc2c1CCC2. The van der Waals surface area contributed by atoms with Crippen LogP contribution in [0.4, 0.5) is 5.00 Å². The summed E-state index contributed by atoms with van der Waals surface area (Å²) in [5.74, 6) is -3.08. The highest BCUT2D eigenvalue weighted by molar-refractivity contribution is 7.93. The minimum Gasteiger partial charge on any atom is -0.480 e. The molecule has 0 unspecified atom stereocenters. The van der Waals surface area contributed by atoms with Gasteiger partial charge >= 0.3 is 11.9 Å². The second kappa shape index (κ2) is 6.02. The van der Waals surface area contributed by atoms with E-state index >= 15 is 0 Å². The minimum atomic E-state index is -4.04. The van der Waals surface area contributed by atoms with Crippen LogP contribution in [0.15, 0.2) is 0 Å². The zero-order chi connectivity index (χ0) is 15.6. The van der Waals surface area contributed by atoms with E-state index in [1.807, 2.05) is 0 Å². The number of aliphatic carboxylic acids is 1. The molecule has 9 heteroatoms. The van der Waals surface area contributed by atoms with E-state index in [4.69, 9.17) is 9.84 Å². The van der Waals surface area contributed by atoms with Crippen LogP contribution in [0.3, 0.4) is 0 Å². The Hall–Kier alpha value is -1.61. The second-order valence-electron chi connectivity index (χ2n) is 4.54. The quantitative estimate of drug-likeness (QED) is 0.758. The van der Waals surface area contributed by atoms with Crippen molar-refractivity contribution in [3.8, 4) is 0 Å². The third-order valence-electron chi connectivity index (χ3n) is 2.96. The van der Waals surface area contributed by atoms with E-state index in [9.17, 15) is 18.0 Å². The van der Waals surface area contributed by atoms with Gasteiger partial charge in [0, 0.05) is 4.88 Å². The largest absolute Gasteiger partial charge is 0.480 e. The summed E-state index contributed by atoms with van der Waals surface area (Å²) in [5.41, 5.74) is 1.04. The number of carboxylic acid groups (broad SMARTS) is 1. The third-order valence-corrected chi connectivity index (χ3v) is 5.44. The average molecular weight is 333 g/mol. The summed E-state index contributed by atoms with van der Waals surface area (Å²) in [6.45, 7) is 1.85. The van der Waals surface area contributed by atoms with Crippen molar-refractivity contribution in [2.75, 3.05) is 17.1 Å². The molecule has 0 atom stereocenters. The number of ether oxygens (including phenoxy) is 1. The normalized spacial score (nSPS) is 13.8. The van der Waals surface area contributed by atoms with Gasteiger partial charge in [0.25, 0.3) is 0 Å². The van der Waals surface area contributed by atoms with E-state index in [0.717, 1.165) is 23.3 Å². The number of carboxylic acids is 1. The summed E-state index contributed by atoms with van der Waals surface area (Å²) in [7, 11) is -4.04. The molecule has 0 spiro atoms. The van der Waals surface area contributed by atoms with Gasteiger partial charge in [0.2, 0.25) is 10.0 Å². The van der Waals surface area contributed by atoms with Crippen LogP contribution < -0.4 is 4.72 Å². The van der Waals surface area contributed by atoms with Crippen LogP contribution in [0.5, 0.6) is 0 Å². The first-order chi connectivity index (χ1) is 9.84. The number of thiophene rings is 1. The lowest BCUT2D eigenvalue weighted by atomic mass is 10.1. The fourth-order valence-corrected chi connectivity index (χ4v) is 4.69. The summed E-state index contributed by atoms with van der Waals surface area (Å²) in [6, 6.07) is 0. The van der Waals surface area contributed by atoms with Crippen molar-refractivity contribution in [3.63, 3.8) is 0 Å². The van der Waals surface area contributed by atoms with Gasteiger partial charge in [-0.25, -0.2) is 13.2 Å². The molecule has 2 rings (SSSR count). The topological polar surface area (TPSA) is 110 Å². The van der Waals surface area contributed by atoms with E-state index in [0.29, 0.717) is 6.42 Å². The maximum atomic E-state index is 12.0. The Bertz CT molecular complexity index is 676. The van der Waals surface area contributed by atoms with E-state index in [-0.39, 0.29) is 17.2 Å². The van der Waals surface area contributed by atoms with Crippen LogP contribution in [0, 0.1) is 0 Å². The Kier molecular flexibility index (Phi) is 4.52. The van der Waals surface area contributed by atoms with Crippen LogP contribution in [-0.4, -0.2) is 37.8 Å². The van der Waals surface area contributed by atoms with Gasteiger partial charge in [-0.2, -0.15) is 0 Å². The predicted molar refractivity (Wildman–Crippen MR) is 77.3 cm³/mol. The van der Waals surface area contributed by atoms with E-state index in [1.165, 1.54) is 11.3 Å². The molecule has 0 saturated heterocycles. The summed E-state index contributed by atoms with van der Waals surface area (Å²) < 4.78 is 30.6. The van der Waals surface area contributed by atoms with E-state index in [1.54, 1.807) is 6.92 Å². The molecule has 7 nitrogen and oxygen atoms in total. The number of rotatable bonds is 6. The molecule has 0 saturated carbocycles. The number of sulfonamides is 1. The molecule has 116 valence electrons. The summed E-state index contributed by atoms with van der Waals surface area (Å²) in [4.78, 5) is 23.5. The fraction of sp³-hybridized carbons (Fsp3) is 0.500. The molecule has 1 aromatic heterocycles.